The van der Waals surface area contributed by atoms with Crippen molar-refractivity contribution >= 4 is 17.5 Å². The summed E-state index contributed by atoms with van der Waals surface area (Å²) in [4.78, 5) is 25.6. The molecule has 0 radical (unpaired) electrons. The summed E-state index contributed by atoms with van der Waals surface area (Å²) >= 11 is 0. The van der Waals surface area contributed by atoms with Crippen molar-refractivity contribution in [2.45, 2.75) is 19.8 Å². The average molecular weight is 340 g/mol. The predicted molar refractivity (Wildman–Crippen MR) is 98.6 cm³/mol. The molecular weight excluding hydrogens is 316 g/mol. The van der Waals surface area contributed by atoms with Gasteiger partial charge in [0.25, 0.3) is 0 Å². The van der Waals surface area contributed by atoms with Crippen molar-refractivity contribution in [3.05, 3.63) is 60.2 Å². The summed E-state index contributed by atoms with van der Waals surface area (Å²) in [5.41, 5.74) is 1.83. The SMILES string of the molecule is COc1ccccc1NC(=O)CN(CCCc1ccccc1)C(C)=O. The molecule has 0 aliphatic rings. The highest BCUT2D eigenvalue weighted by Crippen LogP contribution is 2.22. The van der Waals surface area contributed by atoms with E-state index < -0.39 is 0 Å². The first-order chi connectivity index (χ1) is 12.1. The Morgan fingerprint density at radius 1 is 1.04 bits per heavy atom. The minimum Gasteiger partial charge on any atom is -0.495 e. The quantitative estimate of drug-likeness (QED) is 0.803. The maximum atomic E-state index is 12.3. The van der Waals surface area contributed by atoms with Crippen LogP contribution in [0.15, 0.2) is 54.6 Å². The van der Waals surface area contributed by atoms with Crippen molar-refractivity contribution in [3.63, 3.8) is 0 Å². The van der Waals surface area contributed by atoms with Gasteiger partial charge in [0.1, 0.15) is 5.75 Å². The molecule has 1 N–H and O–H groups in total. The lowest BCUT2D eigenvalue weighted by molar-refractivity contribution is -0.132. The van der Waals surface area contributed by atoms with Crippen LogP contribution in [0.5, 0.6) is 5.75 Å². The van der Waals surface area contributed by atoms with E-state index in [1.165, 1.54) is 12.5 Å². The van der Waals surface area contributed by atoms with Crippen LogP contribution in [0, 0.1) is 0 Å². The molecule has 2 aromatic rings. The predicted octanol–water partition coefficient (Wildman–Crippen LogP) is 3.12. The Morgan fingerprint density at radius 3 is 2.40 bits per heavy atom. The largest absolute Gasteiger partial charge is 0.495 e. The van der Waals surface area contributed by atoms with Crippen LogP contribution >= 0.6 is 0 Å². The lowest BCUT2D eigenvalue weighted by atomic mass is 10.1. The zero-order valence-corrected chi connectivity index (χ0v) is 14.7. The smallest absolute Gasteiger partial charge is 0.244 e. The summed E-state index contributed by atoms with van der Waals surface area (Å²) in [5, 5.41) is 2.80. The summed E-state index contributed by atoms with van der Waals surface area (Å²) in [6.07, 6.45) is 1.68. The number of carbonyl (C=O) groups excluding carboxylic acids is 2. The van der Waals surface area contributed by atoms with Crippen molar-refractivity contribution in [1.29, 1.82) is 0 Å². The maximum absolute atomic E-state index is 12.3. The van der Waals surface area contributed by atoms with Gasteiger partial charge in [-0.1, -0.05) is 42.5 Å². The van der Waals surface area contributed by atoms with Gasteiger partial charge >= 0.3 is 0 Å². The van der Waals surface area contributed by atoms with Gasteiger partial charge in [-0.15, -0.1) is 0 Å². The number of benzene rings is 2. The van der Waals surface area contributed by atoms with Crippen molar-refractivity contribution < 1.29 is 14.3 Å². The van der Waals surface area contributed by atoms with Crippen LogP contribution in [0.3, 0.4) is 0 Å². The fraction of sp³-hybridized carbons (Fsp3) is 0.300. The third kappa shape index (κ3) is 5.95. The molecule has 5 heteroatoms. The number of para-hydroxylation sites is 2. The van der Waals surface area contributed by atoms with Crippen LogP contribution < -0.4 is 10.1 Å². The molecule has 0 unspecified atom stereocenters. The number of anilines is 1. The Balaban J connectivity index is 1.87. The monoisotopic (exact) mass is 340 g/mol. The van der Waals surface area contributed by atoms with Crippen molar-refractivity contribution in [3.8, 4) is 5.75 Å². The molecule has 0 saturated heterocycles. The zero-order chi connectivity index (χ0) is 18.1. The highest BCUT2D eigenvalue weighted by atomic mass is 16.5. The fourth-order valence-corrected chi connectivity index (χ4v) is 2.58. The molecule has 0 aliphatic carbocycles. The number of nitrogens with one attached hydrogen (secondary N) is 1. The van der Waals surface area contributed by atoms with E-state index in [4.69, 9.17) is 4.74 Å². The first kappa shape index (κ1) is 18.5. The van der Waals surface area contributed by atoms with E-state index in [1.54, 1.807) is 24.1 Å². The number of aryl methyl sites for hydroxylation is 1. The number of methoxy groups -OCH3 is 1. The molecule has 2 rings (SSSR count). The highest BCUT2D eigenvalue weighted by molar-refractivity contribution is 5.95. The second-order valence-corrected chi connectivity index (χ2v) is 5.78. The Bertz CT molecular complexity index is 701. The molecule has 0 saturated carbocycles. The van der Waals surface area contributed by atoms with Crippen molar-refractivity contribution in [2.24, 2.45) is 0 Å². The average Bonchev–Trinajstić information content (AvgIpc) is 2.62. The number of hydrogen-bond donors (Lipinski definition) is 1. The molecule has 2 amide bonds. The Hall–Kier alpha value is -2.82. The number of ether oxygens (including phenoxy) is 1. The van der Waals surface area contributed by atoms with E-state index in [-0.39, 0.29) is 18.4 Å². The number of rotatable bonds is 8. The number of nitrogens with zero attached hydrogens (tertiary/aromatic N) is 1. The summed E-state index contributed by atoms with van der Waals surface area (Å²) in [5.74, 6) is 0.247. The molecule has 0 atom stereocenters. The molecule has 0 aliphatic heterocycles. The van der Waals surface area contributed by atoms with Crippen LogP contribution in [0.2, 0.25) is 0 Å². The van der Waals surface area contributed by atoms with Crippen LogP contribution in [-0.4, -0.2) is 36.9 Å². The fourth-order valence-electron chi connectivity index (χ4n) is 2.58. The lowest BCUT2D eigenvalue weighted by Gasteiger charge is -2.21. The van der Waals surface area contributed by atoms with E-state index >= 15 is 0 Å². The Kier molecular flexibility index (Phi) is 7.01. The molecule has 2 aromatic carbocycles. The van der Waals surface area contributed by atoms with Gasteiger partial charge in [-0.05, 0) is 30.5 Å². The van der Waals surface area contributed by atoms with Gasteiger partial charge < -0.3 is 15.0 Å². The van der Waals surface area contributed by atoms with Crippen molar-refractivity contribution in [2.75, 3.05) is 25.5 Å². The second kappa shape index (κ2) is 9.47. The molecule has 0 bridgehead atoms. The minimum absolute atomic E-state index is 0.0299. The van der Waals surface area contributed by atoms with Gasteiger partial charge in [0.2, 0.25) is 11.8 Å². The Morgan fingerprint density at radius 2 is 1.72 bits per heavy atom. The van der Waals surface area contributed by atoms with Crippen LogP contribution in [0.4, 0.5) is 5.69 Å². The van der Waals surface area contributed by atoms with Gasteiger partial charge in [0, 0.05) is 13.5 Å². The summed E-state index contributed by atoms with van der Waals surface area (Å²) in [6.45, 7) is 2.06. The second-order valence-electron chi connectivity index (χ2n) is 5.78. The number of amides is 2. The summed E-state index contributed by atoms with van der Waals surface area (Å²) in [6, 6.07) is 17.3. The third-order valence-electron chi connectivity index (χ3n) is 3.90. The zero-order valence-electron chi connectivity index (χ0n) is 14.7. The Labute approximate surface area is 148 Å². The molecule has 132 valence electrons. The van der Waals surface area contributed by atoms with E-state index in [9.17, 15) is 9.59 Å². The van der Waals surface area contributed by atoms with E-state index in [2.05, 4.69) is 17.4 Å². The van der Waals surface area contributed by atoms with E-state index in [0.717, 1.165) is 12.8 Å². The number of carbonyl (C=O) groups is 2. The van der Waals surface area contributed by atoms with Gasteiger partial charge in [-0.3, -0.25) is 9.59 Å². The maximum Gasteiger partial charge on any atom is 0.244 e. The van der Waals surface area contributed by atoms with Gasteiger partial charge in [-0.2, -0.15) is 0 Å². The summed E-state index contributed by atoms with van der Waals surface area (Å²) in [7, 11) is 1.55. The standard InChI is InChI=1S/C20H24N2O3/c1-16(23)22(14-8-11-17-9-4-3-5-10-17)15-20(24)21-18-12-6-7-13-19(18)25-2/h3-7,9-10,12-13H,8,11,14-15H2,1-2H3,(H,21,24). The molecule has 0 fully saturated rings. The first-order valence-electron chi connectivity index (χ1n) is 8.32. The van der Waals surface area contributed by atoms with Gasteiger partial charge in [-0.25, -0.2) is 0 Å². The third-order valence-corrected chi connectivity index (χ3v) is 3.90. The molecular formula is C20H24N2O3. The van der Waals surface area contributed by atoms with E-state index in [1.807, 2.05) is 30.3 Å². The van der Waals surface area contributed by atoms with Crippen molar-refractivity contribution in [1.82, 2.24) is 4.90 Å². The molecule has 5 nitrogen and oxygen atoms in total. The molecule has 25 heavy (non-hydrogen) atoms. The topological polar surface area (TPSA) is 58.6 Å². The highest BCUT2D eigenvalue weighted by Gasteiger charge is 2.14. The number of hydrogen-bond acceptors (Lipinski definition) is 3. The molecule has 0 aromatic heterocycles. The van der Waals surface area contributed by atoms with E-state index in [0.29, 0.717) is 18.0 Å². The first-order valence-corrected chi connectivity index (χ1v) is 8.32. The molecule has 0 heterocycles. The van der Waals surface area contributed by atoms with Crippen LogP contribution in [0.1, 0.15) is 18.9 Å². The lowest BCUT2D eigenvalue weighted by Crippen LogP contribution is -2.37. The summed E-state index contributed by atoms with van der Waals surface area (Å²) < 4.78 is 5.22. The van der Waals surface area contributed by atoms with Gasteiger partial charge in [0.15, 0.2) is 0 Å². The van der Waals surface area contributed by atoms with Crippen LogP contribution in [-0.2, 0) is 16.0 Å². The van der Waals surface area contributed by atoms with Gasteiger partial charge in [0.05, 0.1) is 19.3 Å². The normalized spacial score (nSPS) is 10.2. The molecule has 0 spiro atoms. The minimum atomic E-state index is -0.237. The van der Waals surface area contributed by atoms with Crippen LogP contribution in [0.25, 0.3) is 0 Å².